The van der Waals surface area contributed by atoms with E-state index in [0.717, 1.165) is 33.3 Å². The number of rotatable bonds is 4. The molecular formula is C17H16N6S2. The van der Waals surface area contributed by atoms with Crippen LogP contribution in [-0.2, 0) is 6.42 Å². The highest BCUT2D eigenvalue weighted by Crippen LogP contribution is 2.38. The van der Waals surface area contributed by atoms with Crippen molar-refractivity contribution >= 4 is 33.3 Å². The predicted molar refractivity (Wildman–Crippen MR) is 101 cm³/mol. The Morgan fingerprint density at radius 2 is 1.96 bits per heavy atom. The van der Waals surface area contributed by atoms with Crippen molar-refractivity contribution in [2.24, 2.45) is 0 Å². The normalized spacial score (nSPS) is 11.3. The molecule has 3 heterocycles. The maximum absolute atomic E-state index is 6.07. The molecule has 0 bridgehead atoms. The van der Waals surface area contributed by atoms with Crippen LogP contribution >= 0.6 is 23.1 Å². The summed E-state index contributed by atoms with van der Waals surface area (Å²) >= 11 is 3.09. The fourth-order valence-electron chi connectivity index (χ4n) is 2.52. The van der Waals surface area contributed by atoms with E-state index in [1.54, 1.807) is 11.3 Å². The molecule has 0 fully saturated rings. The Hall–Kier alpha value is -2.45. The molecule has 6 nitrogen and oxygen atoms in total. The average Bonchev–Trinajstić information content (AvgIpc) is 3.20. The number of benzene rings is 1. The summed E-state index contributed by atoms with van der Waals surface area (Å²) in [5.74, 6) is 7.55. The van der Waals surface area contributed by atoms with Gasteiger partial charge < -0.3 is 5.84 Å². The maximum Gasteiger partial charge on any atom is 0.216 e. The first kappa shape index (κ1) is 16.0. The molecule has 3 aromatic heterocycles. The van der Waals surface area contributed by atoms with Crippen LogP contribution in [0.2, 0.25) is 0 Å². The van der Waals surface area contributed by atoms with Gasteiger partial charge in [-0.05, 0) is 30.3 Å². The van der Waals surface area contributed by atoms with Gasteiger partial charge in [0, 0.05) is 16.7 Å². The lowest BCUT2D eigenvalue weighted by atomic mass is 10.2. The second kappa shape index (κ2) is 6.45. The molecule has 1 aromatic carbocycles. The van der Waals surface area contributed by atoms with Crippen molar-refractivity contribution in [2.75, 3.05) is 5.84 Å². The number of fused-ring (bicyclic) bond motifs is 1. The lowest BCUT2D eigenvalue weighted by molar-refractivity contribution is 0.795. The summed E-state index contributed by atoms with van der Waals surface area (Å²) in [5.41, 5.74) is 1.18. The minimum Gasteiger partial charge on any atom is -0.336 e. The number of hydrogen-bond acceptors (Lipinski definition) is 7. The Labute approximate surface area is 153 Å². The van der Waals surface area contributed by atoms with Gasteiger partial charge in [-0.15, -0.1) is 21.5 Å². The van der Waals surface area contributed by atoms with E-state index < -0.39 is 0 Å². The number of nitrogen functional groups attached to an aromatic ring is 1. The molecule has 0 saturated heterocycles. The fraction of sp³-hybridized carbons (Fsp3) is 0.176. The average molecular weight is 368 g/mol. The zero-order valence-electron chi connectivity index (χ0n) is 13.8. The van der Waals surface area contributed by atoms with E-state index in [2.05, 4.69) is 38.4 Å². The van der Waals surface area contributed by atoms with E-state index in [1.165, 1.54) is 26.9 Å². The lowest BCUT2D eigenvalue weighted by Gasteiger charge is -2.03. The molecule has 8 heteroatoms. The Balaban J connectivity index is 1.80. The van der Waals surface area contributed by atoms with Crippen LogP contribution in [0.25, 0.3) is 20.7 Å². The van der Waals surface area contributed by atoms with Crippen molar-refractivity contribution in [1.29, 1.82) is 0 Å². The second-order valence-corrected chi connectivity index (χ2v) is 7.48. The third kappa shape index (κ3) is 2.98. The van der Waals surface area contributed by atoms with E-state index in [1.807, 2.05) is 32.0 Å². The molecule has 0 saturated carbocycles. The number of thiophene rings is 1. The van der Waals surface area contributed by atoms with Crippen molar-refractivity contribution in [3.63, 3.8) is 0 Å². The number of hydrogen-bond donors (Lipinski definition) is 1. The van der Waals surface area contributed by atoms with Crippen LogP contribution in [-0.4, -0.2) is 24.8 Å². The van der Waals surface area contributed by atoms with Crippen molar-refractivity contribution in [1.82, 2.24) is 24.8 Å². The summed E-state index contributed by atoms with van der Waals surface area (Å²) in [5, 5.41) is 10.8. The van der Waals surface area contributed by atoms with Crippen LogP contribution in [0, 0.1) is 6.92 Å². The van der Waals surface area contributed by atoms with Crippen LogP contribution in [0.5, 0.6) is 0 Å². The number of nitrogens with two attached hydrogens (primary N) is 1. The molecule has 4 rings (SSSR count). The molecular weight excluding hydrogens is 352 g/mol. The van der Waals surface area contributed by atoms with Crippen LogP contribution < -0.4 is 5.84 Å². The van der Waals surface area contributed by atoms with Crippen molar-refractivity contribution < 1.29 is 0 Å². The Morgan fingerprint density at radius 1 is 1.16 bits per heavy atom. The maximum atomic E-state index is 6.07. The highest BCUT2D eigenvalue weighted by atomic mass is 32.2. The smallest absolute Gasteiger partial charge is 0.216 e. The van der Waals surface area contributed by atoms with Crippen LogP contribution in [0.15, 0.2) is 46.6 Å². The topological polar surface area (TPSA) is 82.5 Å². The summed E-state index contributed by atoms with van der Waals surface area (Å²) in [6.45, 7) is 3.90. The van der Waals surface area contributed by atoms with E-state index in [0.29, 0.717) is 5.16 Å². The van der Waals surface area contributed by atoms with Gasteiger partial charge >= 0.3 is 0 Å². The molecule has 0 aliphatic heterocycles. The minimum absolute atomic E-state index is 0.628. The van der Waals surface area contributed by atoms with Crippen molar-refractivity contribution in [2.45, 2.75) is 30.5 Å². The first-order chi connectivity index (χ1) is 12.2. The van der Waals surface area contributed by atoms with E-state index in [4.69, 9.17) is 5.84 Å². The largest absolute Gasteiger partial charge is 0.336 e. The third-order valence-electron chi connectivity index (χ3n) is 3.77. The third-order valence-corrected chi connectivity index (χ3v) is 5.81. The summed E-state index contributed by atoms with van der Waals surface area (Å²) in [6.07, 6.45) is 0.735. The van der Waals surface area contributed by atoms with Crippen LogP contribution in [0.1, 0.15) is 18.6 Å². The first-order valence-corrected chi connectivity index (χ1v) is 9.50. The van der Waals surface area contributed by atoms with Crippen molar-refractivity contribution in [3.05, 3.63) is 48.0 Å². The van der Waals surface area contributed by atoms with E-state index in [-0.39, 0.29) is 0 Å². The molecule has 0 aliphatic carbocycles. The van der Waals surface area contributed by atoms with Gasteiger partial charge in [0.2, 0.25) is 5.16 Å². The molecule has 2 N–H and O–H groups in total. The second-order valence-electron chi connectivity index (χ2n) is 5.50. The van der Waals surface area contributed by atoms with Crippen molar-refractivity contribution in [3.8, 4) is 10.4 Å². The van der Waals surface area contributed by atoms with E-state index in [9.17, 15) is 0 Å². The number of aromatic nitrogens is 5. The Morgan fingerprint density at radius 3 is 2.68 bits per heavy atom. The van der Waals surface area contributed by atoms with Gasteiger partial charge in [0.15, 0.2) is 5.82 Å². The zero-order chi connectivity index (χ0) is 17.4. The van der Waals surface area contributed by atoms with Gasteiger partial charge in [0.05, 0.1) is 0 Å². The summed E-state index contributed by atoms with van der Waals surface area (Å²) in [4.78, 5) is 11.3. The Kier molecular flexibility index (Phi) is 4.14. The van der Waals surface area contributed by atoms with Gasteiger partial charge in [-0.1, -0.05) is 37.3 Å². The van der Waals surface area contributed by atoms with Gasteiger partial charge in [-0.25, -0.2) is 14.6 Å². The fourth-order valence-corrected chi connectivity index (χ4v) is 4.57. The Bertz CT molecular complexity index is 1040. The standard InChI is InChI=1S/C17H16N6S2/c1-3-14-21-22-17(23(14)18)25-16-12-9-13(11-7-5-4-6-8-11)24-15(12)19-10(2)20-16/h4-9H,3,18H2,1-2H3. The lowest BCUT2D eigenvalue weighted by Crippen LogP contribution is -2.13. The molecule has 0 spiro atoms. The number of aryl methyl sites for hydroxylation is 2. The highest BCUT2D eigenvalue weighted by molar-refractivity contribution is 7.99. The number of nitrogens with zero attached hydrogens (tertiary/aromatic N) is 5. The van der Waals surface area contributed by atoms with Crippen LogP contribution in [0.4, 0.5) is 0 Å². The van der Waals surface area contributed by atoms with Crippen LogP contribution in [0.3, 0.4) is 0 Å². The first-order valence-electron chi connectivity index (χ1n) is 7.86. The molecule has 4 aromatic rings. The SMILES string of the molecule is CCc1nnc(Sc2nc(C)nc3sc(-c4ccccc4)cc23)n1N. The quantitative estimate of drug-likeness (QED) is 0.437. The molecule has 25 heavy (non-hydrogen) atoms. The van der Waals surface area contributed by atoms with Gasteiger partial charge in [0.25, 0.3) is 0 Å². The zero-order valence-corrected chi connectivity index (χ0v) is 15.4. The minimum atomic E-state index is 0.628. The van der Waals surface area contributed by atoms with Gasteiger partial charge in [-0.2, -0.15) is 0 Å². The predicted octanol–water partition coefficient (Wildman–Crippen LogP) is 3.69. The molecule has 0 unspecified atom stereocenters. The molecule has 0 radical (unpaired) electrons. The van der Waals surface area contributed by atoms with Gasteiger partial charge in [0.1, 0.15) is 15.7 Å². The molecule has 0 atom stereocenters. The van der Waals surface area contributed by atoms with E-state index >= 15 is 0 Å². The summed E-state index contributed by atoms with van der Waals surface area (Å²) < 4.78 is 1.53. The van der Waals surface area contributed by atoms with Gasteiger partial charge in [-0.3, -0.25) is 0 Å². The monoisotopic (exact) mass is 368 g/mol. The molecule has 0 aliphatic rings. The summed E-state index contributed by atoms with van der Waals surface area (Å²) in [7, 11) is 0. The highest BCUT2D eigenvalue weighted by Gasteiger charge is 2.16. The molecule has 126 valence electrons. The molecule has 0 amide bonds. The summed E-state index contributed by atoms with van der Waals surface area (Å²) in [6, 6.07) is 12.4.